The number of ether oxygens (including phenoxy) is 1. The highest BCUT2D eigenvalue weighted by molar-refractivity contribution is 6.35. The second-order valence-electron chi connectivity index (χ2n) is 7.81. The van der Waals surface area contributed by atoms with Crippen molar-refractivity contribution in [3.05, 3.63) is 58.0 Å². The molecule has 2 fully saturated rings. The monoisotopic (exact) mass is 450 g/mol. The summed E-state index contributed by atoms with van der Waals surface area (Å²) in [6.07, 6.45) is 5.30. The quantitative estimate of drug-likeness (QED) is 0.597. The van der Waals surface area contributed by atoms with Gasteiger partial charge in [0, 0.05) is 34.8 Å². The van der Waals surface area contributed by atoms with Gasteiger partial charge in [0.05, 0.1) is 18.9 Å². The van der Waals surface area contributed by atoms with Gasteiger partial charge in [0.2, 0.25) is 5.91 Å². The van der Waals surface area contributed by atoms with Crippen molar-refractivity contribution < 1.29 is 18.7 Å². The molecule has 1 saturated carbocycles. The van der Waals surface area contributed by atoms with E-state index >= 15 is 0 Å². The van der Waals surface area contributed by atoms with Crippen LogP contribution in [-0.4, -0.2) is 53.5 Å². The van der Waals surface area contributed by atoms with Crippen molar-refractivity contribution in [3.8, 4) is 0 Å². The molecule has 4 rings (SSSR count). The second kappa shape index (κ2) is 9.41. The van der Waals surface area contributed by atoms with Crippen LogP contribution in [0.5, 0.6) is 0 Å². The van der Waals surface area contributed by atoms with Crippen molar-refractivity contribution in [1.82, 2.24) is 9.80 Å². The number of carbonyl (C=O) groups is 2. The predicted molar refractivity (Wildman–Crippen MR) is 114 cm³/mol. The van der Waals surface area contributed by atoms with Crippen molar-refractivity contribution in [2.45, 2.75) is 44.4 Å². The van der Waals surface area contributed by atoms with Crippen molar-refractivity contribution in [2.24, 2.45) is 0 Å². The van der Waals surface area contributed by atoms with E-state index in [9.17, 15) is 9.59 Å². The average molecular weight is 451 g/mol. The van der Waals surface area contributed by atoms with E-state index in [2.05, 4.69) is 0 Å². The Bertz CT molecular complexity index is 872. The zero-order valence-corrected chi connectivity index (χ0v) is 18.1. The Morgan fingerprint density at radius 3 is 2.47 bits per heavy atom. The maximum atomic E-state index is 13.3. The molecule has 0 spiro atoms. The Balaban J connectivity index is 1.49. The van der Waals surface area contributed by atoms with Crippen LogP contribution in [0.4, 0.5) is 0 Å². The number of hydrogen-bond acceptors (Lipinski definition) is 4. The van der Waals surface area contributed by atoms with Gasteiger partial charge >= 0.3 is 0 Å². The number of benzene rings is 1. The van der Waals surface area contributed by atoms with Crippen molar-refractivity contribution in [3.63, 3.8) is 0 Å². The molecular formula is C22H24Cl2N2O4. The van der Waals surface area contributed by atoms with E-state index < -0.39 is 0 Å². The summed E-state index contributed by atoms with van der Waals surface area (Å²) in [4.78, 5) is 29.8. The van der Waals surface area contributed by atoms with Crippen molar-refractivity contribution in [1.29, 1.82) is 0 Å². The number of halogens is 2. The van der Waals surface area contributed by atoms with Gasteiger partial charge in [0.1, 0.15) is 12.3 Å². The summed E-state index contributed by atoms with van der Waals surface area (Å²) in [6, 6.07) is 8.46. The highest BCUT2D eigenvalue weighted by atomic mass is 35.5. The molecule has 1 saturated heterocycles. The van der Waals surface area contributed by atoms with Gasteiger partial charge in [0.15, 0.2) is 0 Å². The van der Waals surface area contributed by atoms with Crippen LogP contribution < -0.4 is 0 Å². The summed E-state index contributed by atoms with van der Waals surface area (Å²) in [5.74, 6) is 0.341. The molecule has 8 heteroatoms. The van der Waals surface area contributed by atoms with Crippen molar-refractivity contribution >= 4 is 35.0 Å². The lowest BCUT2D eigenvalue weighted by atomic mass is 10.2. The zero-order valence-electron chi connectivity index (χ0n) is 16.6. The van der Waals surface area contributed by atoms with Gasteiger partial charge in [0.25, 0.3) is 5.91 Å². The summed E-state index contributed by atoms with van der Waals surface area (Å²) in [7, 11) is 0. The molecule has 2 heterocycles. The Morgan fingerprint density at radius 1 is 1.10 bits per heavy atom. The Kier molecular flexibility index (Phi) is 6.66. The molecule has 1 aromatic heterocycles. The fourth-order valence-corrected chi connectivity index (χ4v) is 4.25. The molecule has 1 aliphatic heterocycles. The van der Waals surface area contributed by atoms with E-state index in [1.54, 1.807) is 40.3 Å². The highest BCUT2D eigenvalue weighted by Gasteiger charge is 2.36. The lowest BCUT2D eigenvalue weighted by molar-refractivity contribution is -0.134. The third kappa shape index (κ3) is 5.36. The maximum Gasteiger partial charge on any atom is 0.254 e. The van der Waals surface area contributed by atoms with Gasteiger partial charge in [-0.05, 0) is 56.0 Å². The van der Waals surface area contributed by atoms with E-state index in [0.29, 0.717) is 34.5 Å². The van der Waals surface area contributed by atoms with E-state index in [-0.39, 0.29) is 30.5 Å². The van der Waals surface area contributed by atoms with Crippen molar-refractivity contribution in [2.75, 3.05) is 19.7 Å². The maximum absolute atomic E-state index is 13.3. The molecule has 160 valence electrons. The number of rotatable bonds is 8. The first-order valence-electron chi connectivity index (χ1n) is 10.2. The number of carbonyl (C=O) groups excluding carboxylic acids is 2. The second-order valence-corrected chi connectivity index (χ2v) is 8.68. The standard InChI is InChI=1S/C22H24Cl2N2O4/c23-16-9-15(10-17(24)11-16)22(28)26(18-5-6-18)14-21(27)25(12-19-3-1-7-29-19)13-20-4-2-8-30-20/h1,3,7,9-11,18,20H,2,4-6,8,12-14H2. The Labute approximate surface area is 185 Å². The summed E-state index contributed by atoms with van der Waals surface area (Å²) in [5.41, 5.74) is 0.393. The summed E-state index contributed by atoms with van der Waals surface area (Å²) in [6.45, 7) is 1.55. The lowest BCUT2D eigenvalue weighted by Crippen LogP contribution is -2.45. The molecule has 2 aliphatic rings. The number of amides is 2. The largest absolute Gasteiger partial charge is 0.467 e. The van der Waals surface area contributed by atoms with E-state index in [4.69, 9.17) is 32.4 Å². The molecule has 0 N–H and O–H groups in total. The molecule has 1 unspecified atom stereocenters. The molecule has 0 radical (unpaired) electrons. The fraction of sp³-hybridized carbons (Fsp3) is 0.455. The van der Waals surface area contributed by atoms with Crippen LogP contribution in [0.3, 0.4) is 0 Å². The first-order chi connectivity index (χ1) is 14.5. The van der Waals surface area contributed by atoms with Gasteiger partial charge in [-0.3, -0.25) is 9.59 Å². The van der Waals surface area contributed by atoms with Crippen LogP contribution in [0.1, 0.15) is 41.8 Å². The highest BCUT2D eigenvalue weighted by Crippen LogP contribution is 2.30. The third-order valence-corrected chi connectivity index (χ3v) is 5.83. The van der Waals surface area contributed by atoms with Crippen LogP contribution in [0.25, 0.3) is 0 Å². The molecule has 30 heavy (non-hydrogen) atoms. The van der Waals surface area contributed by atoms with Gasteiger partial charge in [-0.25, -0.2) is 0 Å². The molecule has 1 aliphatic carbocycles. The van der Waals surface area contributed by atoms with E-state index in [0.717, 1.165) is 32.3 Å². The first-order valence-corrected chi connectivity index (χ1v) is 10.9. The molecule has 1 aromatic carbocycles. The lowest BCUT2D eigenvalue weighted by Gasteiger charge is -2.29. The van der Waals surface area contributed by atoms with E-state index in [1.807, 2.05) is 6.07 Å². The summed E-state index contributed by atoms with van der Waals surface area (Å²) >= 11 is 12.1. The Hall–Kier alpha value is -2.02. The van der Waals surface area contributed by atoms with Gasteiger partial charge in [-0.2, -0.15) is 0 Å². The minimum Gasteiger partial charge on any atom is -0.467 e. The third-order valence-electron chi connectivity index (χ3n) is 5.39. The summed E-state index contributed by atoms with van der Waals surface area (Å²) < 4.78 is 11.2. The molecule has 0 bridgehead atoms. The molecule has 2 amide bonds. The average Bonchev–Trinajstić information content (AvgIpc) is 3.17. The zero-order chi connectivity index (χ0) is 21.1. The Morgan fingerprint density at radius 2 is 1.87 bits per heavy atom. The first kappa shape index (κ1) is 21.2. The smallest absolute Gasteiger partial charge is 0.254 e. The minimum absolute atomic E-state index is 0.00105. The van der Waals surface area contributed by atoms with Gasteiger partial charge in [-0.15, -0.1) is 0 Å². The van der Waals surface area contributed by atoms with Crippen LogP contribution in [0.2, 0.25) is 10.0 Å². The fourth-order valence-electron chi connectivity index (χ4n) is 3.72. The topological polar surface area (TPSA) is 63.0 Å². The molecule has 2 aromatic rings. The molecule has 1 atom stereocenters. The van der Waals surface area contributed by atoms with Crippen LogP contribution in [0, 0.1) is 0 Å². The van der Waals surface area contributed by atoms with E-state index in [1.165, 1.54) is 0 Å². The number of nitrogens with zero attached hydrogens (tertiary/aromatic N) is 2. The molecule has 6 nitrogen and oxygen atoms in total. The minimum atomic E-state index is -0.231. The van der Waals surface area contributed by atoms with Crippen LogP contribution in [0.15, 0.2) is 41.0 Å². The summed E-state index contributed by atoms with van der Waals surface area (Å²) in [5, 5.41) is 0.788. The van der Waals surface area contributed by atoms with Crippen LogP contribution >= 0.6 is 23.2 Å². The van der Waals surface area contributed by atoms with Gasteiger partial charge in [-0.1, -0.05) is 23.2 Å². The number of hydrogen-bond donors (Lipinski definition) is 0. The van der Waals surface area contributed by atoms with Crippen LogP contribution in [-0.2, 0) is 16.1 Å². The van der Waals surface area contributed by atoms with Gasteiger partial charge < -0.3 is 19.0 Å². The predicted octanol–water partition coefficient (Wildman–Crippen LogP) is 4.40. The SMILES string of the molecule is O=C(CN(C(=O)c1cc(Cl)cc(Cl)c1)C1CC1)N(Cc1ccco1)CC1CCCO1. The molecular weight excluding hydrogens is 427 g/mol. The normalized spacial score (nSPS) is 18.4. The number of furan rings is 1.